The molecule has 8 heteroatoms. The van der Waals surface area contributed by atoms with Crippen LogP contribution in [-0.4, -0.2) is 18.3 Å². The van der Waals surface area contributed by atoms with Gasteiger partial charge in [-0.1, -0.05) is 97.1 Å². The SMILES string of the molecule is Cn1/c2c3ccccc3/c1=N\c1c3ccccc3c3n1C1n4c(c5ccccc5c4/N=2)N=c2c4ccccc4c(n21)=N3. The van der Waals surface area contributed by atoms with Crippen molar-refractivity contribution in [2.45, 2.75) is 6.29 Å². The molecule has 4 aromatic carbocycles. The molecule has 4 aromatic heterocycles. The van der Waals surface area contributed by atoms with Crippen molar-refractivity contribution in [2.24, 2.45) is 27.0 Å². The molecule has 2 bridgehead atoms. The molecule has 0 saturated heterocycles. The Kier molecular flexibility index (Phi) is 3.47. The van der Waals surface area contributed by atoms with Gasteiger partial charge in [0, 0.05) is 50.1 Å². The topological polar surface area (TPSA) is 69.2 Å². The molecule has 196 valence electrons. The van der Waals surface area contributed by atoms with Crippen LogP contribution in [0.2, 0.25) is 0 Å². The fraction of sp³-hybridized carbons (Fsp3) is 0.0588. The van der Waals surface area contributed by atoms with Crippen molar-refractivity contribution in [2.75, 3.05) is 0 Å². The van der Waals surface area contributed by atoms with Gasteiger partial charge in [0.2, 0.25) is 6.29 Å². The zero-order chi connectivity index (χ0) is 27.3. The molecular weight excluding hydrogens is 520 g/mol. The first-order valence-corrected chi connectivity index (χ1v) is 14.1. The smallest absolute Gasteiger partial charge is 0.201 e. The van der Waals surface area contributed by atoms with Gasteiger partial charge in [0.25, 0.3) is 0 Å². The van der Waals surface area contributed by atoms with Gasteiger partial charge >= 0.3 is 0 Å². The lowest BCUT2D eigenvalue weighted by Crippen LogP contribution is -2.43. The van der Waals surface area contributed by atoms with Crippen LogP contribution in [0.25, 0.3) is 43.1 Å². The Morgan fingerprint density at radius 2 is 0.667 bits per heavy atom. The number of rotatable bonds is 0. The normalized spacial score (nSPS) is 17.4. The second kappa shape index (κ2) is 6.92. The Labute approximate surface area is 236 Å². The lowest BCUT2D eigenvalue weighted by atomic mass is 10.2. The summed E-state index contributed by atoms with van der Waals surface area (Å²) in [4.78, 5) is 21.7. The number of fused-ring (bicyclic) bond motifs is 14. The van der Waals surface area contributed by atoms with Gasteiger partial charge in [-0.25, -0.2) is 20.0 Å². The minimum Gasteiger partial charge on any atom is -0.313 e. The van der Waals surface area contributed by atoms with E-state index in [4.69, 9.17) is 20.0 Å². The molecule has 8 nitrogen and oxygen atoms in total. The predicted octanol–water partition coefficient (Wildman–Crippen LogP) is 5.34. The fourth-order valence-electron chi connectivity index (χ4n) is 7.39. The minimum atomic E-state index is -0.327. The van der Waals surface area contributed by atoms with Crippen LogP contribution in [-0.2, 0) is 7.05 Å². The van der Waals surface area contributed by atoms with E-state index >= 15 is 0 Å². The molecule has 0 spiro atoms. The van der Waals surface area contributed by atoms with Crippen molar-refractivity contribution in [1.29, 1.82) is 0 Å². The molecule has 8 aromatic rings. The molecule has 7 heterocycles. The third-order valence-electron chi connectivity index (χ3n) is 9.18. The first kappa shape index (κ1) is 21.0. The number of nitrogens with zero attached hydrogens (tertiary/aromatic N) is 8. The maximum absolute atomic E-state index is 5.47. The number of benzene rings is 4. The van der Waals surface area contributed by atoms with E-state index in [-0.39, 0.29) is 6.29 Å². The zero-order valence-electron chi connectivity index (χ0n) is 22.4. The van der Waals surface area contributed by atoms with Crippen LogP contribution >= 0.6 is 0 Å². The van der Waals surface area contributed by atoms with E-state index in [1.165, 1.54) is 0 Å². The number of hydrogen-bond acceptors (Lipinski definition) is 4. The van der Waals surface area contributed by atoms with Gasteiger partial charge in [-0.15, -0.1) is 0 Å². The molecule has 1 atom stereocenters. The van der Waals surface area contributed by atoms with Gasteiger partial charge in [-0.05, 0) is 0 Å². The van der Waals surface area contributed by atoms with Crippen molar-refractivity contribution >= 4 is 66.4 Å². The van der Waals surface area contributed by atoms with Crippen molar-refractivity contribution in [3.05, 3.63) is 119 Å². The molecule has 0 saturated carbocycles. The third-order valence-corrected chi connectivity index (χ3v) is 9.18. The van der Waals surface area contributed by atoms with E-state index < -0.39 is 0 Å². The molecule has 11 rings (SSSR count). The van der Waals surface area contributed by atoms with E-state index in [0.29, 0.717) is 0 Å². The molecule has 0 aliphatic carbocycles. The highest BCUT2D eigenvalue weighted by molar-refractivity contribution is 6.03. The summed E-state index contributed by atoms with van der Waals surface area (Å²) in [5, 5.41) is 8.61. The molecular formula is C34H20N8. The molecule has 0 fully saturated rings. The monoisotopic (exact) mass is 540 g/mol. The lowest BCUT2D eigenvalue weighted by Gasteiger charge is -2.31. The number of hydrogen-bond donors (Lipinski definition) is 0. The summed E-state index contributed by atoms with van der Waals surface area (Å²) in [6, 6.07) is 33.8. The second-order valence-corrected chi connectivity index (χ2v) is 11.2. The van der Waals surface area contributed by atoms with E-state index in [0.717, 1.165) is 88.3 Å². The first-order valence-electron chi connectivity index (χ1n) is 14.1. The standard InChI is InChI=1S/C34H20N8/c1-39-26-18-10-2-3-11-19(18)27(39)36-29-21-13-5-7-15-23(21)31-38-33-25-17-9-8-16-24(25)32-37-30-22-14-6-4-12-20(22)28(35-26)40(30)34(41(29)31)42(32)33/h2-17,34H,1H3/b35-26-,35-28?,36-27+,36-29?. The largest absolute Gasteiger partial charge is 0.313 e. The van der Waals surface area contributed by atoms with Gasteiger partial charge in [-0.2, -0.15) is 0 Å². The van der Waals surface area contributed by atoms with Gasteiger partial charge < -0.3 is 4.57 Å². The summed E-state index contributed by atoms with van der Waals surface area (Å²) in [6.45, 7) is 0. The van der Waals surface area contributed by atoms with Crippen LogP contribution in [0.3, 0.4) is 0 Å². The van der Waals surface area contributed by atoms with Crippen molar-refractivity contribution < 1.29 is 0 Å². The van der Waals surface area contributed by atoms with E-state index in [2.05, 4.69) is 122 Å². The average molecular weight is 541 g/mol. The van der Waals surface area contributed by atoms with Crippen LogP contribution in [0.1, 0.15) is 6.29 Å². The Morgan fingerprint density at radius 3 is 1.02 bits per heavy atom. The maximum atomic E-state index is 5.47. The third kappa shape index (κ3) is 2.23. The Hall–Kier alpha value is -5.76. The van der Waals surface area contributed by atoms with Gasteiger partial charge in [0.05, 0.1) is 0 Å². The quantitative estimate of drug-likeness (QED) is 0.249. The Bertz CT molecular complexity index is 2630. The van der Waals surface area contributed by atoms with E-state index in [9.17, 15) is 0 Å². The van der Waals surface area contributed by atoms with E-state index in [1.54, 1.807) is 0 Å². The molecule has 1 unspecified atom stereocenters. The summed E-state index contributed by atoms with van der Waals surface area (Å²) >= 11 is 0. The second-order valence-electron chi connectivity index (χ2n) is 11.2. The summed E-state index contributed by atoms with van der Waals surface area (Å²) < 4.78 is 8.98. The summed E-state index contributed by atoms with van der Waals surface area (Å²) in [6.07, 6.45) is -0.327. The van der Waals surface area contributed by atoms with Crippen LogP contribution in [0.15, 0.2) is 117 Å². The average Bonchev–Trinajstić information content (AvgIpc) is 3.72. The molecule has 3 aliphatic rings. The number of aromatic nitrogens is 4. The highest BCUT2D eigenvalue weighted by Gasteiger charge is 2.37. The van der Waals surface area contributed by atoms with Crippen LogP contribution in [0.5, 0.6) is 0 Å². The highest BCUT2D eigenvalue weighted by atomic mass is 15.5. The maximum Gasteiger partial charge on any atom is 0.201 e. The molecule has 0 amide bonds. The van der Waals surface area contributed by atoms with Gasteiger partial charge in [0.15, 0.2) is 0 Å². The Morgan fingerprint density at radius 1 is 0.381 bits per heavy atom. The highest BCUT2D eigenvalue weighted by Crippen LogP contribution is 2.48. The summed E-state index contributed by atoms with van der Waals surface area (Å²) in [5.41, 5.74) is 3.58. The predicted molar refractivity (Wildman–Crippen MR) is 162 cm³/mol. The summed E-state index contributed by atoms with van der Waals surface area (Å²) in [5.74, 6) is 3.54. The van der Waals surface area contributed by atoms with Crippen LogP contribution in [0, 0.1) is 0 Å². The molecule has 42 heavy (non-hydrogen) atoms. The summed E-state index contributed by atoms with van der Waals surface area (Å²) in [7, 11) is 2.06. The first-order chi connectivity index (χ1) is 20.8. The zero-order valence-corrected chi connectivity index (χ0v) is 22.4. The molecule has 3 aliphatic heterocycles. The van der Waals surface area contributed by atoms with Crippen molar-refractivity contribution in [3.63, 3.8) is 0 Å². The lowest BCUT2D eigenvalue weighted by molar-refractivity contribution is 0.341. The van der Waals surface area contributed by atoms with Crippen molar-refractivity contribution in [3.8, 4) is 0 Å². The van der Waals surface area contributed by atoms with E-state index in [1.807, 2.05) is 0 Å². The van der Waals surface area contributed by atoms with Gasteiger partial charge in [0.1, 0.15) is 45.2 Å². The van der Waals surface area contributed by atoms with Crippen LogP contribution in [0.4, 0.5) is 23.3 Å². The fourth-order valence-corrected chi connectivity index (χ4v) is 7.39. The van der Waals surface area contributed by atoms with Crippen LogP contribution < -0.4 is 22.0 Å². The molecule has 0 N–H and O–H groups in total. The Balaban J connectivity index is 1.51. The van der Waals surface area contributed by atoms with Gasteiger partial charge in [-0.3, -0.25) is 13.7 Å². The van der Waals surface area contributed by atoms with Crippen molar-refractivity contribution in [1.82, 2.24) is 18.3 Å². The molecule has 0 radical (unpaired) electrons. The minimum absolute atomic E-state index is 0.327.